The summed E-state index contributed by atoms with van der Waals surface area (Å²) < 4.78 is 0. The Balaban J connectivity index is 2.41. The molecule has 1 atom stereocenters. The predicted octanol–water partition coefficient (Wildman–Crippen LogP) is 4.56. The van der Waals surface area contributed by atoms with E-state index in [0.29, 0.717) is 6.04 Å². The van der Waals surface area contributed by atoms with E-state index in [9.17, 15) is 0 Å². The fourth-order valence-corrected chi connectivity index (χ4v) is 4.06. The van der Waals surface area contributed by atoms with Crippen molar-refractivity contribution in [3.05, 3.63) is 34.3 Å². The van der Waals surface area contributed by atoms with Gasteiger partial charge in [-0.15, -0.1) is 0 Å². The van der Waals surface area contributed by atoms with Gasteiger partial charge in [-0.2, -0.15) is 0 Å². The first-order chi connectivity index (χ1) is 10.0. The Hall–Kier alpha value is -0.570. The third kappa shape index (κ3) is 3.44. The van der Waals surface area contributed by atoms with Gasteiger partial charge in [0.1, 0.15) is 0 Å². The third-order valence-electron chi connectivity index (χ3n) is 5.22. The number of nitrogens with one attached hydrogen (secondary N) is 1. The number of halogens is 1. The summed E-state index contributed by atoms with van der Waals surface area (Å²) in [4.78, 5) is 2.44. The highest BCUT2D eigenvalue weighted by Gasteiger charge is 2.41. The highest BCUT2D eigenvalue weighted by Crippen LogP contribution is 2.41. The summed E-state index contributed by atoms with van der Waals surface area (Å²) in [7, 11) is 6.53. The topological polar surface area (TPSA) is 15.3 Å². The Morgan fingerprint density at radius 2 is 1.76 bits per heavy atom. The lowest BCUT2D eigenvalue weighted by molar-refractivity contribution is 0.0834. The first-order valence-corrected chi connectivity index (χ1v) is 8.50. The van der Waals surface area contributed by atoms with Crippen LogP contribution < -0.4 is 5.32 Å². The van der Waals surface area contributed by atoms with Crippen molar-refractivity contribution in [3.8, 4) is 0 Å². The second-order valence-electron chi connectivity index (χ2n) is 6.64. The molecule has 21 heavy (non-hydrogen) atoms. The number of hydrogen-bond donors (Lipinski definition) is 1. The average molecular weight is 309 g/mol. The lowest BCUT2D eigenvalue weighted by Crippen LogP contribution is -2.52. The van der Waals surface area contributed by atoms with Gasteiger partial charge in [0.15, 0.2) is 0 Å². The first-order valence-electron chi connectivity index (χ1n) is 8.12. The molecule has 2 nitrogen and oxygen atoms in total. The molecular formula is C18H29ClN2. The molecule has 1 aromatic rings. The SMILES string of the molecule is CNC(c1ccc(C)c(Cl)c1)C1(N(C)C)CCCCCC1. The molecule has 1 aromatic carbocycles. The Bertz CT molecular complexity index is 462. The van der Waals surface area contributed by atoms with Crippen LogP contribution in [0.25, 0.3) is 0 Å². The van der Waals surface area contributed by atoms with E-state index in [-0.39, 0.29) is 5.54 Å². The van der Waals surface area contributed by atoms with Crippen molar-refractivity contribution in [1.29, 1.82) is 0 Å². The molecule has 118 valence electrons. The van der Waals surface area contributed by atoms with Gasteiger partial charge in [0.25, 0.3) is 0 Å². The van der Waals surface area contributed by atoms with E-state index in [4.69, 9.17) is 11.6 Å². The van der Waals surface area contributed by atoms with E-state index < -0.39 is 0 Å². The minimum Gasteiger partial charge on any atom is -0.311 e. The van der Waals surface area contributed by atoms with E-state index >= 15 is 0 Å². The van der Waals surface area contributed by atoms with Crippen LogP contribution >= 0.6 is 11.6 Å². The molecule has 1 aliphatic carbocycles. The Kier molecular flexibility index (Phi) is 5.70. The summed E-state index contributed by atoms with van der Waals surface area (Å²) in [5.74, 6) is 0. The smallest absolute Gasteiger partial charge is 0.0505 e. The van der Waals surface area contributed by atoms with Gasteiger partial charge in [0.05, 0.1) is 6.04 Å². The van der Waals surface area contributed by atoms with E-state index in [1.54, 1.807) is 0 Å². The third-order valence-corrected chi connectivity index (χ3v) is 5.62. The van der Waals surface area contributed by atoms with Gasteiger partial charge < -0.3 is 10.2 Å². The van der Waals surface area contributed by atoms with Crippen LogP contribution in [0.5, 0.6) is 0 Å². The molecule has 1 aliphatic rings. The molecule has 1 saturated carbocycles. The number of hydrogen-bond acceptors (Lipinski definition) is 2. The van der Waals surface area contributed by atoms with Gasteiger partial charge in [-0.05, 0) is 58.1 Å². The van der Waals surface area contributed by atoms with Crippen LogP contribution in [0.4, 0.5) is 0 Å². The first kappa shape index (κ1) is 16.8. The van der Waals surface area contributed by atoms with Gasteiger partial charge in [0, 0.05) is 10.6 Å². The van der Waals surface area contributed by atoms with Crippen molar-refractivity contribution < 1.29 is 0 Å². The Morgan fingerprint density at radius 3 is 2.24 bits per heavy atom. The van der Waals surface area contributed by atoms with Crippen LogP contribution in [0.3, 0.4) is 0 Å². The van der Waals surface area contributed by atoms with Crippen LogP contribution in [0, 0.1) is 6.92 Å². The van der Waals surface area contributed by atoms with Gasteiger partial charge in [-0.1, -0.05) is 49.4 Å². The fraction of sp³-hybridized carbons (Fsp3) is 0.667. The average Bonchev–Trinajstić information content (AvgIpc) is 2.70. The summed E-state index contributed by atoms with van der Waals surface area (Å²) in [6.45, 7) is 2.06. The zero-order chi connectivity index (χ0) is 15.5. The van der Waals surface area contributed by atoms with Crippen molar-refractivity contribution >= 4 is 11.6 Å². The van der Waals surface area contributed by atoms with Crippen molar-refractivity contribution in [3.63, 3.8) is 0 Å². The molecule has 1 fully saturated rings. The van der Waals surface area contributed by atoms with Gasteiger partial charge in [0.2, 0.25) is 0 Å². The second-order valence-corrected chi connectivity index (χ2v) is 7.05. The van der Waals surface area contributed by atoms with Crippen molar-refractivity contribution in [2.24, 2.45) is 0 Å². The van der Waals surface area contributed by atoms with E-state index in [1.807, 2.05) is 0 Å². The van der Waals surface area contributed by atoms with E-state index in [1.165, 1.54) is 44.1 Å². The molecule has 0 aromatic heterocycles. The molecule has 0 heterocycles. The monoisotopic (exact) mass is 308 g/mol. The van der Waals surface area contributed by atoms with Crippen molar-refractivity contribution in [1.82, 2.24) is 10.2 Å². The van der Waals surface area contributed by atoms with Crippen LogP contribution in [-0.2, 0) is 0 Å². The van der Waals surface area contributed by atoms with Crippen molar-refractivity contribution in [2.75, 3.05) is 21.1 Å². The molecule has 2 rings (SSSR count). The van der Waals surface area contributed by atoms with Gasteiger partial charge in [-0.3, -0.25) is 0 Å². The highest BCUT2D eigenvalue weighted by atomic mass is 35.5. The number of rotatable bonds is 4. The molecule has 0 saturated heterocycles. The maximum Gasteiger partial charge on any atom is 0.0505 e. The molecule has 3 heteroatoms. The predicted molar refractivity (Wildman–Crippen MR) is 92.1 cm³/mol. The van der Waals surface area contributed by atoms with Gasteiger partial charge in [-0.25, -0.2) is 0 Å². The van der Waals surface area contributed by atoms with Crippen molar-refractivity contribution in [2.45, 2.75) is 57.0 Å². The summed E-state index contributed by atoms with van der Waals surface area (Å²) in [5.41, 5.74) is 2.64. The van der Waals surface area contributed by atoms with Crippen LogP contribution in [0.1, 0.15) is 55.7 Å². The van der Waals surface area contributed by atoms with Crippen LogP contribution in [0.15, 0.2) is 18.2 Å². The standard InChI is InChI=1S/C18H29ClN2/c1-14-9-10-15(13-16(14)19)17(20-2)18(21(3)4)11-7-5-6-8-12-18/h9-10,13,17,20H,5-8,11-12H2,1-4H3. The lowest BCUT2D eigenvalue weighted by atomic mass is 9.78. The van der Waals surface area contributed by atoms with Crippen LogP contribution in [0.2, 0.25) is 5.02 Å². The Labute approximate surface area is 134 Å². The quantitative estimate of drug-likeness (QED) is 0.820. The van der Waals surface area contributed by atoms with E-state index in [0.717, 1.165) is 10.6 Å². The number of aryl methyl sites for hydroxylation is 1. The fourth-order valence-electron chi connectivity index (χ4n) is 3.87. The number of benzene rings is 1. The molecule has 0 radical (unpaired) electrons. The Morgan fingerprint density at radius 1 is 1.14 bits per heavy atom. The molecule has 0 spiro atoms. The van der Waals surface area contributed by atoms with E-state index in [2.05, 4.69) is 56.5 Å². The summed E-state index contributed by atoms with van der Waals surface area (Å²) >= 11 is 6.37. The lowest BCUT2D eigenvalue weighted by Gasteiger charge is -2.46. The second kappa shape index (κ2) is 7.13. The van der Waals surface area contributed by atoms with Gasteiger partial charge >= 0.3 is 0 Å². The molecule has 0 bridgehead atoms. The number of nitrogens with zero attached hydrogens (tertiary/aromatic N) is 1. The highest BCUT2D eigenvalue weighted by molar-refractivity contribution is 6.31. The maximum atomic E-state index is 6.37. The minimum atomic E-state index is 0.184. The summed E-state index contributed by atoms with van der Waals surface area (Å²) in [6, 6.07) is 6.85. The molecule has 1 N–H and O–H groups in total. The zero-order valence-electron chi connectivity index (χ0n) is 13.9. The summed E-state index contributed by atoms with van der Waals surface area (Å²) in [6.07, 6.45) is 7.85. The largest absolute Gasteiger partial charge is 0.311 e. The molecule has 0 amide bonds. The normalized spacial score (nSPS) is 20.3. The molecule has 1 unspecified atom stereocenters. The summed E-state index contributed by atoms with van der Waals surface area (Å²) in [5, 5.41) is 4.46. The van der Waals surface area contributed by atoms with Crippen LogP contribution in [-0.4, -0.2) is 31.6 Å². The molecule has 0 aliphatic heterocycles. The molecular weight excluding hydrogens is 280 g/mol. The maximum absolute atomic E-state index is 6.37. The zero-order valence-corrected chi connectivity index (χ0v) is 14.6. The number of likely N-dealkylation sites (N-methyl/N-ethyl adjacent to an activating group) is 2. The minimum absolute atomic E-state index is 0.184.